The third kappa shape index (κ3) is 1.87. The van der Waals surface area contributed by atoms with Gasteiger partial charge in [-0.05, 0) is 12.5 Å². The molecule has 0 aliphatic heterocycles. The van der Waals surface area contributed by atoms with Crippen LogP contribution in [0.4, 0.5) is 5.69 Å². The van der Waals surface area contributed by atoms with Gasteiger partial charge < -0.3 is 16.2 Å². The highest BCUT2D eigenvalue weighted by molar-refractivity contribution is 7.21. The van der Waals surface area contributed by atoms with Gasteiger partial charge in [0.2, 0.25) is 0 Å². The molecule has 2 atom stereocenters. The van der Waals surface area contributed by atoms with Gasteiger partial charge in [0.1, 0.15) is 4.88 Å². The van der Waals surface area contributed by atoms with Crippen molar-refractivity contribution >= 4 is 33.0 Å². The Morgan fingerprint density at radius 2 is 2.35 bits per heavy atom. The Hall–Kier alpha value is -1.66. The Balaban J connectivity index is 1.85. The molecule has 1 aliphatic carbocycles. The number of aromatic nitrogens is 1. The summed E-state index contributed by atoms with van der Waals surface area (Å²) >= 11 is 1.35. The van der Waals surface area contributed by atoms with Crippen LogP contribution in [0.15, 0.2) is 18.5 Å². The van der Waals surface area contributed by atoms with Gasteiger partial charge in [0, 0.05) is 29.2 Å². The average molecular weight is 291 g/mol. The molecular weight excluding hydrogens is 274 g/mol. The van der Waals surface area contributed by atoms with E-state index in [0.29, 0.717) is 17.0 Å². The van der Waals surface area contributed by atoms with E-state index in [9.17, 15) is 9.90 Å². The Bertz CT molecular complexity index is 680. The Morgan fingerprint density at radius 1 is 1.60 bits per heavy atom. The molecule has 1 amide bonds. The molecule has 6 heteroatoms. The lowest BCUT2D eigenvalue weighted by atomic mass is 9.64. The van der Waals surface area contributed by atoms with Gasteiger partial charge in [-0.1, -0.05) is 13.8 Å². The standard InChI is InChI=1S/C14H17N3O2S/c1-14(2)9(5-10(14)18)17-13(19)12-11(15)7-3-4-16-6-8(7)20-12/h3-4,6,9-10,18H,5,15H2,1-2H3,(H,17,19). The lowest BCUT2D eigenvalue weighted by molar-refractivity contribution is -0.0689. The summed E-state index contributed by atoms with van der Waals surface area (Å²) in [6, 6.07) is 1.79. The van der Waals surface area contributed by atoms with E-state index in [1.165, 1.54) is 11.3 Å². The SMILES string of the molecule is CC1(C)C(O)CC1NC(=O)c1sc2cnccc2c1N. The van der Waals surface area contributed by atoms with Crippen LogP contribution >= 0.6 is 11.3 Å². The van der Waals surface area contributed by atoms with Crippen LogP contribution in [-0.2, 0) is 0 Å². The number of amides is 1. The number of hydrogen-bond acceptors (Lipinski definition) is 5. The van der Waals surface area contributed by atoms with E-state index in [0.717, 1.165) is 10.1 Å². The second-order valence-corrected chi connectivity index (χ2v) is 6.87. The highest BCUT2D eigenvalue weighted by Gasteiger charge is 2.48. The van der Waals surface area contributed by atoms with Crippen molar-refractivity contribution in [3.8, 4) is 0 Å². The van der Waals surface area contributed by atoms with Crippen molar-refractivity contribution in [2.24, 2.45) is 5.41 Å². The number of carbonyl (C=O) groups excluding carboxylic acids is 1. The quantitative estimate of drug-likeness (QED) is 0.787. The van der Waals surface area contributed by atoms with Crippen molar-refractivity contribution in [2.45, 2.75) is 32.4 Å². The number of carbonyl (C=O) groups is 1. The van der Waals surface area contributed by atoms with Crippen molar-refractivity contribution in [1.82, 2.24) is 10.3 Å². The van der Waals surface area contributed by atoms with E-state index < -0.39 is 0 Å². The molecule has 2 heterocycles. The molecule has 4 N–H and O–H groups in total. The van der Waals surface area contributed by atoms with Gasteiger partial charge in [-0.3, -0.25) is 9.78 Å². The second kappa shape index (κ2) is 4.43. The number of nitrogen functional groups attached to an aromatic ring is 1. The van der Waals surface area contributed by atoms with Crippen molar-refractivity contribution in [3.05, 3.63) is 23.3 Å². The fourth-order valence-corrected chi connectivity index (χ4v) is 3.50. The number of anilines is 1. The summed E-state index contributed by atoms with van der Waals surface area (Å²) in [6.07, 6.45) is 3.60. The van der Waals surface area contributed by atoms with Crippen molar-refractivity contribution in [2.75, 3.05) is 5.73 Å². The summed E-state index contributed by atoms with van der Waals surface area (Å²) in [7, 11) is 0. The number of aliphatic hydroxyl groups is 1. The van der Waals surface area contributed by atoms with Gasteiger partial charge in [0.15, 0.2) is 0 Å². The molecule has 1 fully saturated rings. The lowest BCUT2D eigenvalue weighted by Crippen LogP contribution is -2.61. The smallest absolute Gasteiger partial charge is 0.263 e. The number of rotatable bonds is 2. The van der Waals surface area contributed by atoms with Crippen LogP contribution in [0.3, 0.4) is 0 Å². The first-order valence-electron chi connectivity index (χ1n) is 6.52. The minimum atomic E-state index is -0.364. The number of nitrogens with two attached hydrogens (primary N) is 1. The van der Waals surface area contributed by atoms with Crippen LogP contribution in [0.1, 0.15) is 29.9 Å². The van der Waals surface area contributed by atoms with E-state index in [4.69, 9.17) is 5.73 Å². The summed E-state index contributed by atoms with van der Waals surface area (Å²) in [5.41, 5.74) is 6.26. The van der Waals surface area contributed by atoms with Gasteiger partial charge in [-0.15, -0.1) is 11.3 Å². The highest BCUT2D eigenvalue weighted by Crippen LogP contribution is 2.41. The predicted molar refractivity (Wildman–Crippen MR) is 79.7 cm³/mol. The summed E-state index contributed by atoms with van der Waals surface area (Å²) in [4.78, 5) is 16.9. The van der Waals surface area contributed by atoms with Crippen LogP contribution in [0, 0.1) is 5.41 Å². The second-order valence-electron chi connectivity index (χ2n) is 5.82. The monoisotopic (exact) mass is 291 g/mol. The molecule has 5 nitrogen and oxygen atoms in total. The molecule has 3 rings (SSSR count). The van der Waals surface area contributed by atoms with E-state index in [1.807, 2.05) is 19.9 Å². The van der Waals surface area contributed by atoms with Crippen molar-refractivity contribution in [3.63, 3.8) is 0 Å². The van der Waals surface area contributed by atoms with E-state index >= 15 is 0 Å². The molecular formula is C14H17N3O2S. The summed E-state index contributed by atoms with van der Waals surface area (Å²) in [5, 5.41) is 13.5. The molecule has 1 aliphatic rings. The Labute approximate surface area is 120 Å². The van der Waals surface area contributed by atoms with Gasteiger partial charge >= 0.3 is 0 Å². The fraction of sp³-hybridized carbons (Fsp3) is 0.429. The molecule has 1 saturated carbocycles. The van der Waals surface area contributed by atoms with E-state index in [2.05, 4.69) is 10.3 Å². The average Bonchev–Trinajstić information content (AvgIpc) is 2.76. The molecule has 106 valence electrons. The number of aliphatic hydroxyl groups excluding tert-OH is 1. The fourth-order valence-electron chi connectivity index (χ4n) is 2.51. The topological polar surface area (TPSA) is 88.2 Å². The maximum absolute atomic E-state index is 12.4. The number of hydrogen-bond donors (Lipinski definition) is 3. The summed E-state index contributed by atoms with van der Waals surface area (Å²) in [6.45, 7) is 3.90. The molecule has 2 aromatic rings. The Morgan fingerprint density at radius 3 is 2.95 bits per heavy atom. The minimum absolute atomic E-state index is 0.0206. The van der Waals surface area contributed by atoms with Crippen LogP contribution in [0.5, 0.6) is 0 Å². The van der Waals surface area contributed by atoms with Crippen LogP contribution in [0.2, 0.25) is 0 Å². The maximum atomic E-state index is 12.4. The normalized spacial score (nSPS) is 24.4. The predicted octanol–water partition coefficient (Wildman–Crippen LogP) is 1.77. The third-order valence-electron chi connectivity index (χ3n) is 4.26. The van der Waals surface area contributed by atoms with Gasteiger partial charge in [0.25, 0.3) is 5.91 Å². The zero-order valence-corrected chi connectivity index (χ0v) is 12.2. The van der Waals surface area contributed by atoms with E-state index in [-0.39, 0.29) is 23.5 Å². The third-order valence-corrected chi connectivity index (χ3v) is 5.41. The molecule has 2 aromatic heterocycles. The molecule has 0 spiro atoms. The number of pyridine rings is 1. The summed E-state index contributed by atoms with van der Waals surface area (Å²) in [5.74, 6) is -0.173. The van der Waals surface area contributed by atoms with Gasteiger partial charge in [0.05, 0.1) is 16.5 Å². The van der Waals surface area contributed by atoms with Gasteiger partial charge in [-0.2, -0.15) is 0 Å². The highest BCUT2D eigenvalue weighted by atomic mass is 32.1. The molecule has 0 radical (unpaired) electrons. The molecule has 0 bridgehead atoms. The number of nitrogens with zero attached hydrogens (tertiary/aromatic N) is 1. The summed E-state index contributed by atoms with van der Waals surface area (Å²) < 4.78 is 0.906. The molecule has 2 unspecified atom stereocenters. The first-order chi connectivity index (χ1) is 9.41. The van der Waals surface area contributed by atoms with Crippen molar-refractivity contribution in [1.29, 1.82) is 0 Å². The number of thiophene rings is 1. The first kappa shape index (κ1) is 13.3. The van der Waals surface area contributed by atoms with Crippen LogP contribution in [-0.4, -0.2) is 28.1 Å². The first-order valence-corrected chi connectivity index (χ1v) is 7.34. The zero-order valence-electron chi connectivity index (χ0n) is 11.4. The molecule has 0 aromatic carbocycles. The van der Waals surface area contributed by atoms with Crippen molar-refractivity contribution < 1.29 is 9.90 Å². The molecule has 20 heavy (non-hydrogen) atoms. The number of fused-ring (bicyclic) bond motifs is 1. The van der Waals surface area contributed by atoms with E-state index in [1.54, 1.807) is 12.4 Å². The lowest BCUT2D eigenvalue weighted by Gasteiger charge is -2.49. The van der Waals surface area contributed by atoms with Crippen LogP contribution in [0.25, 0.3) is 10.1 Å². The van der Waals surface area contributed by atoms with Crippen LogP contribution < -0.4 is 11.1 Å². The Kier molecular flexibility index (Phi) is 2.95. The van der Waals surface area contributed by atoms with Gasteiger partial charge in [-0.25, -0.2) is 0 Å². The number of nitrogens with one attached hydrogen (secondary N) is 1. The zero-order chi connectivity index (χ0) is 14.5. The maximum Gasteiger partial charge on any atom is 0.263 e. The minimum Gasteiger partial charge on any atom is -0.397 e. The molecule has 0 saturated heterocycles. The largest absolute Gasteiger partial charge is 0.397 e.